The lowest BCUT2D eigenvalue weighted by Crippen LogP contribution is -2.09. The van der Waals surface area contributed by atoms with Gasteiger partial charge in [-0.15, -0.1) is 0 Å². The molecule has 1 unspecified atom stereocenters. The van der Waals surface area contributed by atoms with Crippen molar-refractivity contribution < 1.29 is 14.6 Å². The summed E-state index contributed by atoms with van der Waals surface area (Å²) in [6.45, 7) is 4.77. The molecule has 0 aliphatic heterocycles. The SMILES string of the molecule is CCn1nc(C)cc1CC(O)c1cccc(OC)c1OC. The number of rotatable bonds is 6. The number of methoxy groups -OCH3 is 2. The first kappa shape index (κ1) is 15.4. The Kier molecular flexibility index (Phi) is 4.85. The van der Waals surface area contributed by atoms with E-state index in [-0.39, 0.29) is 0 Å². The van der Waals surface area contributed by atoms with Gasteiger partial charge in [0, 0.05) is 24.2 Å². The average molecular weight is 290 g/mol. The number of nitrogens with zero attached hydrogens (tertiary/aromatic N) is 2. The van der Waals surface area contributed by atoms with Crippen molar-refractivity contribution in [3.8, 4) is 11.5 Å². The van der Waals surface area contributed by atoms with E-state index in [1.807, 2.05) is 42.8 Å². The highest BCUT2D eigenvalue weighted by Gasteiger charge is 2.19. The smallest absolute Gasteiger partial charge is 0.166 e. The van der Waals surface area contributed by atoms with Crippen molar-refractivity contribution in [3.63, 3.8) is 0 Å². The zero-order chi connectivity index (χ0) is 15.4. The largest absolute Gasteiger partial charge is 0.493 e. The molecule has 1 N–H and O–H groups in total. The summed E-state index contributed by atoms with van der Waals surface area (Å²) >= 11 is 0. The van der Waals surface area contributed by atoms with Crippen LogP contribution in [0.5, 0.6) is 11.5 Å². The first-order valence-electron chi connectivity index (χ1n) is 7.03. The standard InChI is InChI=1S/C16H22N2O3/c1-5-18-12(9-11(2)17-18)10-14(19)13-7-6-8-15(20-3)16(13)21-4/h6-9,14,19H,5,10H2,1-4H3. The topological polar surface area (TPSA) is 56.5 Å². The third-order valence-corrected chi connectivity index (χ3v) is 3.48. The van der Waals surface area contributed by atoms with E-state index in [0.29, 0.717) is 17.9 Å². The molecule has 0 fully saturated rings. The maximum absolute atomic E-state index is 10.6. The van der Waals surface area contributed by atoms with Crippen LogP contribution in [0.1, 0.15) is 30.0 Å². The highest BCUT2D eigenvalue weighted by atomic mass is 16.5. The van der Waals surface area contributed by atoms with Crippen LogP contribution in [0.4, 0.5) is 0 Å². The minimum absolute atomic E-state index is 0.484. The van der Waals surface area contributed by atoms with Gasteiger partial charge in [0.1, 0.15) is 0 Å². The van der Waals surface area contributed by atoms with E-state index in [2.05, 4.69) is 5.10 Å². The highest BCUT2D eigenvalue weighted by molar-refractivity contribution is 5.47. The molecule has 114 valence electrons. The lowest BCUT2D eigenvalue weighted by Gasteiger charge is -2.17. The van der Waals surface area contributed by atoms with Gasteiger partial charge in [-0.3, -0.25) is 4.68 Å². The second-order valence-electron chi connectivity index (χ2n) is 4.90. The molecule has 0 spiro atoms. The minimum atomic E-state index is -0.670. The number of aliphatic hydroxyl groups excluding tert-OH is 1. The van der Waals surface area contributed by atoms with Crippen LogP contribution in [0.25, 0.3) is 0 Å². The van der Waals surface area contributed by atoms with E-state index < -0.39 is 6.10 Å². The molecular formula is C16H22N2O3. The van der Waals surface area contributed by atoms with Gasteiger partial charge < -0.3 is 14.6 Å². The molecule has 2 aromatic rings. The molecular weight excluding hydrogens is 268 g/mol. The van der Waals surface area contributed by atoms with Gasteiger partial charge >= 0.3 is 0 Å². The van der Waals surface area contributed by atoms with E-state index in [1.165, 1.54) is 0 Å². The molecule has 1 aromatic carbocycles. The van der Waals surface area contributed by atoms with Gasteiger partial charge in [0.25, 0.3) is 0 Å². The summed E-state index contributed by atoms with van der Waals surface area (Å²) in [5.74, 6) is 1.20. The van der Waals surface area contributed by atoms with Crippen LogP contribution in [0, 0.1) is 6.92 Å². The summed E-state index contributed by atoms with van der Waals surface area (Å²) in [7, 11) is 3.16. The molecule has 0 saturated carbocycles. The number of para-hydroxylation sites is 1. The Morgan fingerprint density at radius 2 is 2.05 bits per heavy atom. The number of aryl methyl sites for hydroxylation is 2. The summed E-state index contributed by atoms with van der Waals surface area (Å²) in [5, 5.41) is 15.0. The highest BCUT2D eigenvalue weighted by Crippen LogP contribution is 2.35. The maximum atomic E-state index is 10.6. The van der Waals surface area contributed by atoms with Crippen LogP contribution in [0.3, 0.4) is 0 Å². The minimum Gasteiger partial charge on any atom is -0.493 e. The molecule has 0 saturated heterocycles. The summed E-state index contributed by atoms with van der Waals surface area (Å²) in [6.07, 6.45) is -0.186. The van der Waals surface area contributed by atoms with E-state index in [0.717, 1.165) is 23.5 Å². The maximum Gasteiger partial charge on any atom is 0.166 e. The van der Waals surface area contributed by atoms with Gasteiger partial charge in [0.2, 0.25) is 0 Å². The summed E-state index contributed by atoms with van der Waals surface area (Å²) < 4.78 is 12.6. The predicted molar refractivity (Wildman–Crippen MR) is 80.8 cm³/mol. The molecule has 1 atom stereocenters. The first-order chi connectivity index (χ1) is 10.1. The normalized spacial score (nSPS) is 12.2. The fourth-order valence-corrected chi connectivity index (χ4v) is 2.52. The molecule has 5 nitrogen and oxygen atoms in total. The third kappa shape index (κ3) is 3.19. The van der Waals surface area contributed by atoms with Gasteiger partial charge in [-0.25, -0.2) is 0 Å². The van der Waals surface area contributed by atoms with Crippen molar-refractivity contribution in [1.29, 1.82) is 0 Å². The number of benzene rings is 1. The van der Waals surface area contributed by atoms with Crippen molar-refractivity contribution >= 4 is 0 Å². The Balaban J connectivity index is 2.30. The molecule has 0 aliphatic carbocycles. The third-order valence-electron chi connectivity index (χ3n) is 3.48. The monoisotopic (exact) mass is 290 g/mol. The van der Waals surface area contributed by atoms with E-state index in [9.17, 15) is 5.11 Å². The number of hydrogen-bond donors (Lipinski definition) is 1. The molecule has 2 rings (SSSR count). The van der Waals surface area contributed by atoms with Gasteiger partial charge in [-0.05, 0) is 26.0 Å². The van der Waals surface area contributed by atoms with E-state index in [1.54, 1.807) is 14.2 Å². The lowest BCUT2D eigenvalue weighted by molar-refractivity contribution is 0.170. The van der Waals surface area contributed by atoms with Crippen LogP contribution >= 0.6 is 0 Å². The number of hydrogen-bond acceptors (Lipinski definition) is 4. The summed E-state index contributed by atoms with van der Waals surface area (Å²) in [6, 6.07) is 7.52. The molecule has 5 heteroatoms. The van der Waals surface area contributed by atoms with Crippen LogP contribution < -0.4 is 9.47 Å². The number of ether oxygens (including phenoxy) is 2. The van der Waals surface area contributed by atoms with Gasteiger partial charge in [-0.1, -0.05) is 12.1 Å². The molecule has 21 heavy (non-hydrogen) atoms. The first-order valence-corrected chi connectivity index (χ1v) is 7.03. The Morgan fingerprint density at radius 3 is 2.67 bits per heavy atom. The van der Waals surface area contributed by atoms with Crippen LogP contribution in [0.2, 0.25) is 0 Å². The van der Waals surface area contributed by atoms with Crippen LogP contribution in [-0.2, 0) is 13.0 Å². The Labute approximate surface area is 125 Å². The predicted octanol–water partition coefficient (Wildman–Crippen LogP) is 2.50. The van der Waals surface area contributed by atoms with Crippen LogP contribution in [-0.4, -0.2) is 29.1 Å². The lowest BCUT2D eigenvalue weighted by atomic mass is 10.0. The van der Waals surface area contributed by atoms with Gasteiger partial charge in [0.15, 0.2) is 11.5 Å². The van der Waals surface area contributed by atoms with Crippen molar-refractivity contribution in [2.24, 2.45) is 0 Å². The molecule has 0 aliphatic rings. The molecule has 0 bridgehead atoms. The number of aromatic nitrogens is 2. The molecule has 1 heterocycles. The Morgan fingerprint density at radius 1 is 1.29 bits per heavy atom. The van der Waals surface area contributed by atoms with Crippen molar-refractivity contribution in [2.45, 2.75) is 32.9 Å². The van der Waals surface area contributed by atoms with Crippen molar-refractivity contribution in [3.05, 3.63) is 41.2 Å². The Bertz CT molecular complexity index is 608. The van der Waals surface area contributed by atoms with Gasteiger partial charge in [0.05, 0.1) is 26.0 Å². The van der Waals surface area contributed by atoms with E-state index >= 15 is 0 Å². The quantitative estimate of drug-likeness (QED) is 0.888. The molecule has 0 radical (unpaired) electrons. The fraction of sp³-hybridized carbons (Fsp3) is 0.438. The fourth-order valence-electron chi connectivity index (χ4n) is 2.52. The molecule has 0 amide bonds. The van der Waals surface area contributed by atoms with Crippen LogP contribution in [0.15, 0.2) is 24.3 Å². The van der Waals surface area contributed by atoms with Gasteiger partial charge in [-0.2, -0.15) is 5.10 Å². The number of aliphatic hydroxyl groups is 1. The second-order valence-corrected chi connectivity index (χ2v) is 4.90. The second kappa shape index (κ2) is 6.63. The zero-order valence-electron chi connectivity index (χ0n) is 13.0. The molecule has 1 aromatic heterocycles. The average Bonchev–Trinajstić information content (AvgIpc) is 2.85. The summed E-state index contributed by atoms with van der Waals surface area (Å²) in [4.78, 5) is 0. The summed E-state index contributed by atoms with van der Waals surface area (Å²) in [5.41, 5.74) is 2.68. The van der Waals surface area contributed by atoms with E-state index in [4.69, 9.17) is 9.47 Å². The van der Waals surface area contributed by atoms with Crippen molar-refractivity contribution in [2.75, 3.05) is 14.2 Å². The zero-order valence-corrected chi connectivity index (χ0v) is 13.0. The van der Waals surface area contributed by atoms with Crippen molar-refractivity contribution in [1.82, 2.24) is 9.78 Å². The Hall–Kier alpha value is -2.01.